The van der Waals surface area contributed by atoms with Crippen molar-refractivity contribution in [1.82, 2.24) is 19.8 Å². The number of rotatable bonds is 3. The molecule has 1 aliphatic heterocycles. The molecule has 1 N–H and O–H groups in total. The van der Waals surface area contributed by atoms with Gasteiger partial charge < -0.3 is 9.88 Å². The third-order valence-electron chi connectivity index (χ3n) is 3.38. The molecule has 16 heavy (non-hydrogen) atoms. The van der Waals surface area contributed by atoms with Gasteiger partial charge in [-0.15, -0.1) is 0 Å². The van der Waals surface area contributed by atoms with Crippen molar-refractivity contribution in [3.63, 3.8) is 0 Å². The molecule has 0 aromatic carbocycles. The molecule has 2 rings (SSSR count). The molecule has 0 saturated carbocycles. The Balaban J connectivity index is 1.91. The van der Waals surface area contributed by atoms with E-state index in [0.717, 1.165) is 32.0 Å². The Morgan fingerprint density at radius 3 is 3.06 bits per heavy atom. The topological polar surface area (TPSA) is 33.1 Å². The first-order chi connectivity index (χ1) is 7.77. The summed E-state index contributed by atoms with van der Waals surface area (Å²) in [6, 6.07) is 0.591. The molecule has 1 aromatic heterocycles. The third-order valence-corrected chi connectivity index (χ3v) is 3.38. The molecule has 1 saturated heterocycles. The summed E-state index contributed by atoms with van der Waals surface area (Å²) in [5.74, 6) is 1.11. The van der Waals surface area contributed by atoms with E-state index in [2.05, 4.69) is 39.8 Å². The van der Waals surface area contributed by atoms with Crippen LogP contribution in [0.15, 0.2) is 12.4 Å². The minimum absolute atomic E-state index is 0.591. The Kier molecular flexibility index (Phi) is 3.96. The molecule has 1 aromatic rings. The van der Waals surface area contributed by atoms with E-state index in [1.54, 1.807) is 0 Å². The maximum absolute atomic E-state index is 4.27. The van der Waals surface area contributed by atoms with Crippen molar-refractivity contribution in [3.05, 3.63) is 18.2 Å². The van der Waals surface area contributed by atoms with Gasteiger partial charge in [-0.1, -0.05) is 0 Å². The first kappa shape index (κ1) is 11.6. The Labute approximate surface area is 97.7 Å². The highest BCUT2D eigenvalue weighted by molar-refractivity contribution is 4.89. The highest BCUT2D eigenvalue weighted by Gasteiger charge is 2.16. The van der Waals surface area contributed by atoms with Crippen molar-refractivity contribution in [1.29, 1.82) is 0 Å². The average Bonchev–Trinajstić information content (AvgIpc) is 2.57. The van der Waals surface area contributed by atoms with Crippen LogP contribution >= 0.6 is 0 Å². The van der Waals surface area contributed by atoms with Gasteiger partial charge in [0.2, 0.25) is 0 Å². The average molecular weight is 222 g/mol. The zero-order chi connectivity index (χ0) is 11.4. The quantitative estimate of drug-likeness (QED) is 0.824. The molecule has 4 heteroatoms. The normalized spacial score (nSPS) is 20.6. The summed E-state index contributed by atoms with van der Waals surface area (Å²) in [4.78, 5) is 6.83. The van der Waals surface area contributed by atoms with Crippen LogP contribution in [0.2, 0.25) is 0 Å². The van der Waals surface area contributed by atoms with Crippen LogP contribution in [0.3, 0.4) is 0 Å². The van der Waals surface area contributed by atoms with E-state index in [0.29, 0.717) is 6.04 Å². The van der Waals surface area contributed by atoms with Gasteiger partial charge >= 0.3 is 0 Å². The molecule has 0 radical (unpaired) electrons. The Morgan fingerprint density at radius 1 is 1.44 bits per heavy atom. The lowest BCUT2D eigenvalue weighted by atomic mass is 10.2. The van der Waals surface area contributed by atoms with Gasteiger partial charge in [-0.2, -0.15) is 0 Å². The van der Waals surface area contributed by atoms with Crippen LogP contribution < -0.4 is 5.32 Å². The lowest BCUT2D eigenvalue weighted by molar-refractivity contribution is 0.203. The predicted molar refractivity (Wildman–Crippen MR) is 65.5 cm³/mol. The van der Waals surface area contributed by atoms with E-state index in [4.69, 9.17) is 0 Å². The van der Waals surface area contributed by atoms with E-state index < -0.39 is 0 Å². The maximum atomic E-state index is 4.27. The largest absolute Gasteiger partial charge is 0.334 e. The molecule has 90 valence electrons. The Morgan fingerprint density at radius 2 is 2.31 bits per heavy atom. The zero-order valence-electron chi connectivity index (χ0n) is 10.3. The smallest absolute Gasteiger partial charge is 0.105 e. The fourth-order valence-corrected chi connectivity index (χ4v) is 2.30. The van der Waals surface area contributed by atoms with Gasteiger partial charge in [0.15, 0.2) is 0 Å². The molecule has 1 unspecified atom stereocenters. The predicted octanol–water partition coefficient (Wildman–Crippen LogP) is 0.875. The molecule has 1 atom stereocenters. The number of hydrogen-bond donors (Lipinski definition) is 1. The fourth-order valence-electron chi connectivity index (χ4n) is 2.30. The van der Waals surface area contributed by atoms with Gasteiger partial charge in [-0.05, 0) is 33.4 Å². The molecule has 0 bridgehead atoms. The van der Waals surface area contributed by atoms with Crippen LogP contribution in [-0.2, 0) is 6.54 Å². The lowest BCUT2D eigenvalue weighted by Gasteiger charge is -2.27. The molecule has 0 spiro atoms. The number of imidazole rings is 1. The standard InChI is InChI=1S/C12H22N4/c1-11(10-16-9-6-14-12(16)2)15-7-3-4-13-5-8-15/h6,9,11,13H,3-5,7-8,10H2,1-2H3. The highest BCUT2D eigenvalue weighted by atomic mass is 15.2. The molecule has 0 amide bonds. The van der Waals surface area contributed by atoms with Crippen molar-refractivity contribution in [2.45, 2.75) is 32.9 Å². The number of nitrogens with one attached hydrogen (secondary N) is 1. The molecule has 0 aliphatic carbocycles. The minimum atomic E-state index is 0.591. The van der Waals surface area contributed by atoms with Crippen LogP contribution in [0.25, 0.3) is 0 Å². The van der Waals surface area contributed by atoms with Gasteiger partial charge in [0.1, 0.15) is 5.82 Å². The summed E-state index contributed by atoms with van der Waals surface area (Å²) < 4.78 is 2.24. The van der Waals surface area contributed by atoms with Gasteiger partial charge in [0.05, 0.1) is 0 Å². The SMILES string of the molecule is Cc1nccn1CC(C)N1CCCNCC1. The summed E-state index contributed by atoms with van der Waals surface area (Å²) >= 11 is 0. The number of nitrogens with zero attached hydrogens (tertiary/aromatic N) is 3. The fraction of sp³-hybridized carbons (Fsp3) is 0.750. The number of hydrogen-bond acceptors (Lipinski definition) is 3. The van der Waals surface area contributed by atoms with E-state index in [-0.39, 0.29) is 0 Å². The molecule has 1 aliphatic rings. The second-order valence-corrected chi connectivity index (χ2v) is 4.62. The number of aromatic nitrogens is 2. The van der Waals surface area contributed by atoms with Crippen LogP contribution in [-0.4, -0.2) is 46.7 Å². The molecule has 1 fully saturated rings. The van der Waals surface area contributed by atoms with Crippen LogP contribution in [0, 0.1) is 6.92 Å². The summed E-state index contributed by atoms with van der Waals surface area (Å²) in [7, 11) is 0. The summed E-state index contributed by atoms with van der Waals surface area (Å²) in [6.07, 6.45) is 5.21. The molecule has 2 heterocycles. The summed E-state index contributed by atoms with van der Waals surface area (Å²) in [5, 5.41) is 3.44. The Hall–Kier alpha value is -0.870. The molecular weight excluding hydrogens is 200 g/mol. The van der Waals surface area contributed by atoms with Crippen molar-refractivity contribution in [2.75, 3.05) is 26.2 Å². The van der Waals surface area contributed by atoms with Gasteiger partial charge in [0, 0.05) is 38.1 Å². The lowest BCUT2D eigenvalue weighted by Crippen LogP contribution is -2.38. The number of aryl methyl sites for hydroxylation is 1. The molecule has 4 nitrogen and oxygen atoms in total. The highest BCUT2D eigenvalue weighted by Crippen LogP contribution is 2.06. The first-order valence-electron chi connectivity index (χ1n) is 6.20. The van der Waals surface area contributed by atoms with E-state index >= 15 is 0 Å². The van der Waals surface area contributed by atoms with Gasteiger partial charge in [-0.25, -0.2) is 4.98 Å². The van der Waals surface area contributed by atoms with E-state index in [1.807, 2.05) is 6.20 Å². The van der Waals surface area contributed by atoms with Crippen molar-refractivity contribution in [3.8, 4) is 0 Å². The second kappa shape index (κ2) is 5.46. The van der Waals surface area contributed by atoms with Crippen molar-refractivity contribution >= 4 is 0 Å². The zero-order valence-corrected chi connectivity index (χ0v) is 10.3. The minimum Gasteiger partial charge on any atom is -0.334 e. The van der Waals surface area contributed by atoms with Crippen molar-refractivity contribution in [2.24, 2.45) is 0 Å². The third kappa shape index (κ3) is 2.83. The van der Waals surface area contributed by atoms with Gasteiger partial charge in [-0.3, -0.25) is 4.90 Å². The van der Waals surface area contributed by atoms with Crippen LogP contribution in [0.1, 0.15) is 19.2 Å². The molecular formula is C12H22N4. The summed E-state index contributed by atoms with van der Waals surface area (Å²) in [5.41, 5.74) is 0. The maximum Gasteiger partial charge on any atom is 0.105 e. The summed E-state index contributed by atoms with van der Waals surface area (Å²) in [6.45, 7) is 10.1. The van der Waals surface area contributed by atoms with E-state index in [1.165, 1.54) is 13.0 Å². The Bertz CT molecular complexity index is 313. The second-order valence-electron chi connectivity index (χ2n) is 4.62. The van der Waals surface area contributed by atoms with Crippen molar-refractivity contribution < 1.29 is 0 Å². The monoisotopic (exact) mass is 222 g/mol. The van der Waals surface area contributed by atoms with Gasteiger partial charge in [0.25, 0.3) is 0 Å². The van der Waals surface area contributed by atoms with Crippen LogP contribution in [0.4, 0.5) is 0 Å². The van der Waals surface area contributed by atoms with Crippen LogP contribution in [0.5, 0.6) is 0 Å². The van der Waals surface area contributed by atoms with E-state index in [9.17, 15) is 0 Å². The first-order valence-corrected chi connectivity index (χ1v) is 6.20.